The van der Waals surface area contributed by atoms with Crippen molar-refractivity contribution < 1.29 is 4.79 Å². The molecular weight excluding hydrogens is 358 g/mol. The standard InChI is InChI=1S/C21H23N3O2S/c1-2-18(23-11-8-16(25)9-12-23)19-22-20-17(10-13-27-20)21(26)24(19)14-15-6-4-3-5-7-15/h3-7,10,13,18H,2,8-9,11-12,14H2,1H3. The lowest BCUT2D eigenvalue weighted by molar-refractivity contribution is -0.122. The maximum Gasteiger partial charge on any atom is 0.262 e. The minimum atomic E-state index is 0.0200. The third-order valence-electron chi connectivity index (χ3n) is 5.28. The Bertz CT molecular complexity index is 999. The highest BCUT2D eigenvalue weighted by molar-refractivity contribution is 7.16. The van der Waals surface area contributed by atoms with Gasteiger partial charge in [0, 0.05) is 25.9 Å². The lowest BCUT2D eigenvalue weighted by Gasteiger charge is -2.34. The van der Waals surface area contributed by atoms with Crippen molar-refractivity contribution >= 4 is 27.3 Å². The topological polar surface area (TPSA) is 55.2 Å². The van der Waals surface area contributed by atoms with E-state index in [-0.39, 0.29) is 11.6 Å². The van der Waals surface area contributed by atoms with Crippen LogP contribution in [0.1, 0.15) is 43.6 Å². The number of rotatable bonds is 5. The quantitative estimate of drug-likeness (QED) is 0.677. The molecule has 140 valence electrons. The van der Waals surface area contributed by atoms with Gasteiger partial charge >= 0.3 is 0 Å². The number of carbonyl (C=O) groups excluding carboxylic acids is 1. The average Bonchev–Trinajstić information content (AvgIpc) is 3.16. The van der Waals surface area contributed by atoms with Gasteiger partial charge in [-0.2, -0.15) is 0 Å². The molecule has 5 nitrogen and oxygen atoms in total. The Kier molecular flexibility index (Phi) is 5.18. The third-order valence-corrected chi connectivity index (χ3v) is 6.08. The molecule has 0 amide bonds. The number of thiophene rings is 1. The zero-order chi connectivity index (χ0) is 18.8. The van der Waals surface area contributed by atoms with E-state index in [1.165, 1.54) is 11.3 Å². The van der Waals surface area contributed by atoms with Crippen LogP contribution >= 0.6 is 11.3 Å². The van der Waals surface area contributed by atoms with Crippen molar-refractivity contribution in [2.75, 3.05) is 13.1 Å². The molecule has 0 radical (unpaired) electrons. The van der Waals surface area contributed by atoms with Gasteiger partial charge < -0.3 is 0 Å². The first-order valence-corrected chi connectivity index (χ1v) is 10.3. The molecule has 1 aromatic carbocycles. The second-order valence-corrected chi connectivity index (χ2v) is 7.88. The Morgan fingerprint density at radius 3 is 2.56 bits per heavy atom. The number of hydrogen-bond acceptors (Lipinski definition) is 5. The van der Waals surface area contributed by atoms with Crippen LogP contribution in [0, 0.1) is 0 Å². The van der Waals surface area contributed by atoms with E-state index >= 15 is 0 Å². The average molecular weight is 382 g/mol. The molecule has 1 aliphatic heterocycles. The molecule has 1 saturated heterocycles. The third kappa shape index (κ3) is 3.59. The molecule has 1 fully saturated rings. The first kappa shape index (κ1) is 18.1. The van der Waals surface area contributed by atoms with Gasteiger partial charge in [0.15, 0.2) is 0 Å². The maximum absolute atomic E-state index is 13.2. The van der Waals surface area contributed by atoms with Gasteiger partial charge in [0.1, 0.15) is 16.4 Å². The molecule has 4 rings (SSSR count). The number of benzene rings is 1. The fraction of sp³-hybridized carbons (Fsp3) is 0.381. The highest BCUT2D eigenvalue weighted by Crippen LogP contribution is 2.27. The van der Waals surface area contributed by atoms with Crippen LogP contribution in [0.4, 0.5) is 0 Å². The minimum absolute atomic E-state index is 0.0200. The molecule has 0 N–H and O–H groups in total. The van der Waals surface area contributed by atoms with Crippen molar-refractivity contribution in [1.29, 1.82) is 0 Å². The second kappa shape index (κ2) is 7.74. The predicted molar refractivity (Wildman–Crippen MR) is 108 cm³/mol. The molecule has 0 bridgehead atoms. The van der Waals surface area contributed by atoms with Crippen LogP contribution in [-0.2, 0) is 11.3 Å². The number of nitrogens with zero attached hydrogens (tertiary/aromatic N) is 3. The summed E-state index contributed by atoms with van der Waals surface area (Å²) in [6, 6.07) is 11.9. The normalized spacial score (nSPS) is 16.7. The molecule has 1 atom stereocenters. The molecule has 1 aliphatic rings. The van der Waals surface area contributed by atoms with Crippen molar-refractivity contribution in [3.05, 3.63) is 63.5 Å². The van der Waals surface area contributed by atoms with Crippen molar-refractivity contribution in [2.45, 2.75) is 38.8 Å². The zero-order valence-electron chi connectivity index (χ0n) is 15.4. The largest absolute Gasteiger partial charge is 0.300 e. The van der Waals surface area contributed by atoms with Crippen LogP contribution in [0.25, 0.3) is 10.2 Å². The summed E-state index contributed by atoms with van der Waals surface area (Å²) in [5.41, 5.74) is 1.10. The number of likely N-dealkylation sites (tertiary alicyclic amines) is 1. The van der Waals surface area contributed by atoms with E-state index in [1.807, 2.05) is 46.3 Å². The lowest BCUT2D eigenvalue weighted by Crippen LogP contribution is -2.40. The van der Waals surface area contributed by atoms with Gasteiger partial charge in [-0.3, -0.25) is 19.1 Å². The number of Topliss-reactive ketones (excluding diaryl/α,β-unsaturated/α-hetero) is 1. The summed E-state index contributed by atoms with van der Waals surface area (Å²) in [4.78, 5) is 32.9. The second-order valence-electron chi connectivity index (χ2n) is 6.99. The summed E-state index contributed by atoms with van der Waals surface area (Å²) in [7, 11) is 0. The van der Waals surface area contributed by atoms with Gasteiger partial charge in [0.05, 0.1) is 18.0 Å². The Balaban J connectivity index is 1.80. The Hall–Kier alpha value is -2.31. The van der Waals surface area contributed by atoms with E-state index in [0.717, 1.165) is 35.7 Å². The number of piperidine rings is 1. The molecule has 27 heavy (non-hydrogen) atoms. The van der Waals surface area contributed by atoms with Gasteiger partial charge in [-0.15, -0.1) is 11.3 Å². The van der Waals surface area contributed by atoms with Crippen molar-refractivity contribution in [3.8, 4) is 0 Å². The summed E-state index contributed by atoms with van der Waals surface area (Å²) in [6.45, 7) is 4.11. The number of hydrogen-bond donors (Lipinski definition) is 0. The van der Waals surface area contributed by atoms with Crippen molar-refractivity contribution in [1.82, 2.24) is 14.5 Å². The smallest absolute Gasteiger partial charge is 0.262 e. The summed E-state index contributed by atoms with van der Waals surface area (Å²) >= 11 is 1.51. The number of aromatic nitrogens is 2. The summed E-state index contributed by atoms with van der Waals surface area (Å²) < 4.78 is 1.83. The highest BCUT2D eigenvalue weighted by Gasteiger charge is 2.28. The van der Waals surface area contributed by atoms with Gasteiger partial charge in [-0.1, -0.05) is 37.3 Å². The molecule has 0 spiro atoms. The van der Waals surface area contributed by atoms with E-state index in [1.54, 1.807) is 0 Å². The lowest BCUT2D eigenvalue weighted by atomic mass is 10.0. The van der Waals surface area contributed by atoms with Crippen molar-refractivity contribution in [2.24, 2.45) is 0 Å². The molecule has 0 saturated carbocycles. The first-order chi connectivity index (χ1) is 13.2. The highest BCUT2D eigenvalue weighted by atomic mass is 32.1. The first-order valence-electron chi connectivity index (χ1n) is 9.45. The van der Waals surface area contributed by atoms with Gasteiger partial charge in [0.25, 0.3) is 5.56 Å². The van der Waals surface area contributed by atoms with E-state index in [0.29, 0.717) is 30.6 Å². The summed E-state index contributed by atoms with van der Waals surface area (Å²) in [5, 5.41) is 2.61. The van der Waals surface area contributed by atoms with Crippen LogP contribution in [0.5, 0.6) is 0 Å². The SMILES string of the molecule is CCC(c1nc2sccc2c(=O)n1Cc1ccccc1)N1CCC(=O)CC1. The predicted octanol–water partition coefficient (Wildman–Crippen LogP) is 3.62. The molecule has 6 heteroatoms. The molecular formula is C21H23N3O2S. The minimum Gasteiger partial charge on any atom is -0.300 e. The zero-order valence-corrected chi connectivity index (χ0v) is 16.2. The molecule has 3 heterocycles. The molecule has 2 aromatic heterocycles. The Morgan fingerprint density at radius 1 is 1.11 bits per heavy atom. The van der Waals surface area contributed by atoms with Crippen molar-refractivity contribution in [3.63, 3.8) is 0 Å². The van der Waals surface area contributed by atoms with Crippen LogP contribution < -0.4 is 5.56 Å². The van der Waals surface area contributed by atoms with E-state index in [9.17, 15) is 9.59 Å². The number of ketones is 1. The molecule has 3 aromatic rings. The van der Waals surface area contributed by atoms with E-state index in [4.69, 9.17) is 4.98 Å². The number of fused-ring (bicyclic) bond motifs is 1. The monoisotopic (exact) mass is 381 g/mol. The van der Waals surface area contributed by atoms with E-state index < -0.39 is 0 Å². The summed E-state index contributed by atoms with van der Waals surface area (Å²) in [5.74, 6) is 1.14. The van der Waals surface area contributed by atoms with Crippen LogP contribution in [0.15, 0.2) is 46.6 Å². The van der Waals surface area contributed by atoms with Crippen LogP contribution in [-0.4, -0.2) is 33.3 Å². The number of carbonyl (C=O) groups is 1. The Morgan fingerprint density at radius 2 is 1.85 bits per heavy atom. The summed E-state index contributed by atoms with van der Waals surface area (Å²) in [6.07, 6.45) is 2.02. The van der Waals surface area contributed by atoms with Gasteiger partial charge in [-0.25, -0.2) is 4.98 Å². The van der Waals surface area contributed by atoms with E-state index in [2.05, 4.69) is 11.8 Å². The van der Waals surface area contributed by atoms with Gasteiger partial charge in [-0.05, 0) is 23.4 Å². The fourth-order valence-corrected chi connectivity index (χ4v) is 4.59. The molecule has 1 unspecified atom stereocenters. The maximum atomic E-state index is 13.2. The fourth-order valence-electron chi connectivity index (χ4n) is 3.83. The molecule has 0 aliphatic carbocycles. The van der Waals surface area contributed by atoms with Crippen LogP contribution in [0.2, 0.25) is 0 Å². The van der Waals surface area contributed by atoms with Gasteiger partial charge in [0.2, 0.25) is 0 Å². The Labute approximate surface area is 162 Å². The van der Waals surface area contributed by atoms with Crippen LogP contribution in [0.3, 0.4) is 0 Å².